The van der Waals surface area contributed by atoms with Crippen LogP contribution >= 0.6 is 0 Å². The summed E-state index contributed by atoms with van der Waals surface area (Å²) < 4.78 is 0. The van der Waals surface area contributed by atoms with Crippen molar-refractivity contribution in [1.82, 2.24) is 15.0 Å². The number of hydrogen-bond acceptors (Lipinski definition) is 5. The molecule has 0 saturated carbocycles. The van der Waals surface area contributed by atoms with Crippen LogP contribution in [0.2, 0.25) is 0 Å². The van der Waals surface area contributed by atoms with Crippen molar-refractivity contribution in [3.63, 3.8) is 0 Å². The highest BCUT2D eigenvalue weighted by Crippen LogP contribution is 2.17. The zero-order valence-electron chi connectivity index (χ0n) is 7.15. The van der Waals surface area contributed by atoms with E-state index in [9.17, 15) is 0 Å². The highest BCUT2D eigenvalue weighted by Gasteiger charge is 2.02. The minimum absolute atomic E-state index is 0.213. The smallest absolute Gasteiger partial charge is 0.220 e. The Labute approximate surface area is 74.8 Å². The molecular formula is C8H9N5. The fraction of sp³-hybridized carbons (Fsp3) is 0.125. The number of hydrogen-bond donors (Lipinski definition) is 2. The maximum atomic E-state index is 5.67. The van der Waals surface area contributed by atoms with Gasteiger partial charge in [-0.05, 0) is 13.0 Å². The van der Waals surface area contributed by atoms with Gasteiger partial charge in [-0.3, -0.25) is 0 Å². The van der Waals surface area contributed by atoms with Crippen molar-refractivity contribution in [2.75, 3.05) is 11.5 Å². The Morgan fingerprint density at radius 3 is 2.77 bits per heavy atom. The first-order valence-corrected chi connectivity index (χ1v) is 3.82. The first-order chi connectivity index (χ1) is 6.16. The van der Waals surface area contributed by atoms with Crippen LogP contribution in [0.5, 0.6) is 0 Å². The molecule has 2 heterocycles. The lowest BCUT2D eigenvalue weighted by Gasteiger charge is -2.01. The van der Waals surface area contributed by atoms with E-state index < -0.39 is 0 Å². The van der Waals surface area contributed by atoms with Crippen molar-refractivity contribution >= 4 is 22.7 Å². The van der Waals surface area contributed by atoms with Gasteiger partial charge < -0.3 is 11.5 Å². The summed E-state index contributed by atoms with van der Waals surface area (Å²) in [5.74, 6) is 0.606. The summed E-state index contributed by atoms with van der Waals surface area (Å²) >= 11 is 0. The van der Waals surface area contributed by atoms with Crippen LogP contribution in [0.4, 0.5) is 11.8 Å². The van der Waals surface area contributed by atoms with Gasteiger partial charge in [0.05, 0.1) is 0 Å². The molecule has 0 saturated heterocycles. The first-order valence-electron chi connectivity index (χ1n) is 3.82. The van der Waals surface area contributed by atoms with E-state index >= 15 is 0 Å². The predicted molar refractivity (Wildman–Crippen MR) is 50.9 cm³/mol. The lowest BCUT2D eigenvalue weighted by molar-refractivity contribution is 1.18. The molecule has 5 heteroatoms. The number of rotatable bonds is 0. The minimum Gasteiger partial charge on any atom is -0.382 e. The molecule has 0 aliphatic rings. The molecule has 0 aliphatic heterocycles. The molecule has 0 aliphatic carbocycles. The molecule has 0 atom stereocenters. The highest BCUT2D eigenvalue weighted by atomic mass is 15.0. The second kappa shape index (κ2) is 2.55. The molecule has 0 fully saturated rings. The summed E-state index contributed by atoms with van der Waals surface area (Å²) in [4.78, 5) is 11.9. The molecule has 5 nitrogen and oxygen atoms in total. The maximum Gasteiger partial charge on any atom is 0.220 e. The van der Waals surface area contributed by atoms with Crippen molar-refractivity contribution in [3.8, 4) is 0 Å². The number of fused-ring (bicyclic) bond motifs is 1. The molecule has 0 amide bonds. The van der Waals surface area contributed by atoms with Gasteiger partial charge in [0.2, 0.25) is 5.95 Å². The maximum absolute atomic E-state index is 5.67. The van der Waals surface area contributed by atoms with Crippen LogP contribution in [0.1, 0.15) is 5.69 Å². The third-order valence-electron chi connectivity index (χ3n) is 1.74. The number of pyridine rings is 1. The van der Waals surface area contributed by atoms with Gasteiger partial charge in [0, 0.05) is 17.3 Å². The van der Waals surface area contributed by atoms with E-state index in [4.69, 9.17) is 11.5 Å². The van der Waals surface area contributed by atoms with E-state index in [0.717, 1.165) is 11.1 Å². The van der Waals surface area contributed by atoms with E-state index in [2.05, 4.69) is 15.0 Å². The van der Waals surface area contributed by atoms with Crippen LogP contribution in [0.25, 0.3) is 10.9 Å². The summed E-state index contributed by atoms with van der Waals surface area (Å²) in [5, 5.41) is 0.860. The molecule has 0 unspecified atom stereocenters. The van der Waals surface area contributed by atoms with Gasteiger partial charge in [0.1, 0.15) is 11.3 Å². The van der Waals surface area contributed by atoms with E-state index in [1.54, 1.807) is 6.20 Å². The van der Waals surface area contributed by atoms with Crippen molar-refractivity contribution in [1.29, 1.82) is 0 Å². The fourth-order valence-electron chi connectivity index (χ4n) is 1.22. The number of nitrogens with zero attached hydrogens (tertiary/aromatic N) is 3. The molecule has 66 valence electrons. The van der Waals surface area contributed by atoms with Crippen LogP contribution in [0, 0.1) is 6.92 Å². The zero-order valence-corrected chi connectivity index (χ0v) is 7.15. The van der Waals surface area contributed by atoms with Crippen LogP contribution < -0.4 is 11.5 Å². The van der Waals surface area contributed by atoms with Gasteiger partial charge in [0.25, 0.3) is 0 Å². The second-order valence-electron chi connectivity index (χ2n) is 2.81. The Hall–Kier alpha value is -1.91. The van der Waals surface area contributed by atoms with Crippen LogP contribution in [0.15, 0.2) is 12.3 Å². The van der Waals surface area contributed by atoms with Crippen molar-refractivity contribution in [3.05, 3.63) is 18.0 Å². The first kappa shape index (κ1) is 7.72. The molecule has 2 aromatic rings. The van der Waals surface area contributed by atoms with Gasteiger partial charge in [-0.2, -0.15) is 0 Å². The van der Waals surface area contributed by atoms with Crippen molar-refractivity contribution in [2.24, 2.45) is 0 Å². The van der Waals surface area contributed by atoms with E-state index in [-0.39, 0.29) is 5.95 Å². The summed E-state index contributed by atoms with van der Waals surface area (Å²) in [5.41, 5.74) is 12.5. The topological polar surface area (TPSA) is 90.7 Å². The fourth-order valence-corrected chi connectivity index (χ4v) is 1.22. The number of anilines is 2. The Kier molecular flexibility index (Phi) is 1.51. The molecule has 2 rings (SSSR count). The van der Waals surface area contributed by atoms with Crippen molar-refractivity contribution in [2.45, 2.75) is 6.92 Å². The summed E-state index contributed by atoms with van der Waals surface area (Å²) in [7, 11) is 0. The molecule has 2 aromatic heterocycles. The molecule has 0 radical (unpaired) electrons. The third kappa shape index (κ3) is 1.24. The van der Waals surface area contributed by atoms with E-state index in [1.165, 1.54) is 0 Å². The Morgan fingerprint density at radius 1 is 1.23 bits per heavy atom. The molecule has 13 heavy (non-hydrogen) atoms. The van der Waals surface area contributed by atoms with Crippen molar-refractivity contribution < 1.29 is 0 Å². The number of nitrogens with two attached hydrogens (primary N) is 2. The van der Waals surface area contributed by atoms with E-state index in [0.29, 0.717) is 11.3 Å². The van der Waals surface area contributed by atoms with Crippen LogP contribution in [0.3, 0.4) is 0 Å². The monoisotopic (exact) mass is 175 g/mol. The minimum atomic E-state index is 0.213. The predicted octanol–water partition coefficient (Wildman–Crippen LogP) is 0.498. The van der Waals surface area contributed by atoms with Gasteiger partial charge in [-0.15, -0.1) is 0 Å². The average Bonchev–Trinajstić information content (AvgIpc) is 2.06. The third-order valence-corrected chi connectivity index (χ3v) is 1.74. The Morgan fingerprint density at radius 2 is 2.00 bits per heavy atom. The van der Waals surface area contributed by atoms with Crippen LogP contribution in [-0.4, -0.2) is 15.0 Å². The number of nitrogen functional groups attached to an aromatic ring is 2. The number of aromatic nitrogens is 3. The quantitative estimate of drug-likeness (QED) is 0.608. The molecular weight excluding hydrogens is 166 g/mol. The van der Waals surface area contributed by atoms with Gasteiger partial charge >= 0.3 is 0 Å². The largest absolute Gasteiger partial charge is 0.382 e. The van der Waals surface area contributed by atoms with Gasteiger partial charge in [0.15, 0.2) is 0 Å². The van der Waals surface area contributed by atoms with Gasteiger partial charge in [-0.1, -0.05) is 0 Å². The summed E-state index contributed by atoms with van der Waals surface area (Å²) in [6, 6.07) is 1.87. The summed E-state index contributed by atoms with van der Waals surface area (Å²) in [6.07, 6.45) is 1.64. The van der Waals surface area contributed by atoms with Gasteiger partial charge in [-0.25, -0.2) is 15.0 Å². The lowest BCUT2D eigenvalue weighted by Crippen LogP contribution is -1.99. The van der Waals surface area contributed by atoms with E-state index in [1.807, 2.05) is 13.0 Å². The zero-order chi connectivity index (χ0) is 9.42. The molecule has 4 N–H and O–H groups in total. The number of aryl methyl sites for hydroxylation is 1. The molecule has 0 aromatic carbocycles. The van der Waals surface area contributed by atoms with Crippen LogP contribution in [-0.2, 0) is 0 Å². The standard InChI is InChI=1S/C8H9N5/c1-4-2-5-3-11-8(10)13-6(5)7(9)12-4/h2-3H,1H3,(H2,9,12)(H2,10,11,13). The Bertz CT molecular complexity index is 465. The summed E-state index contributed by atoms with van der Waals surface area (Å²) in [6.45, 7) is 1.87. The Balaban J connectivity index is 2.87. The molecule has 0 bridgehead atoms. The molecule has 0 spiro atoms. The normalized spacial score (nSPS) is 10.5. The average molecular weight is 175 g/mol. The lowest BCUT2D eigenvalue weighted by atomic mass is 10.2. The highest BCUT2D eigenvalue weighted by molar-refractivity contribution is 5.87. The SMILES string of the molecule is Cc1cc2cnc(N)nc2c(N)n1. The second-order valence-corrected chi connectivity index (χ2v) is 2.81.